The zero-order valence-electron chi connectivity index (χ0n) is 10.4. The van der Waals surface area contributed by atoms with E-state index in [1.165, 1.54) is 44.9 Å². The third-order valence-corrected chi connectivity index (χ3v) is 5.48. The van der Waals surface area contributed by atoms with Gasteiger partial charge in [-0.1, -0.05) is 15.9 Å². The minimum Gasteiger partial charge on any atom is -0.339 e. The van der Waals surface area contributed by atoms with Crippen molar-refractivity contribution in [3.05, 3.63) is 0 Å². The number of carbonyl (C=O) groups is 1. The van der Waals surface area contributed by atoms with Gasteiger partial charge in [-0.05, 0) is 56.8 Å². The van der Waals surface area contributed by atoms with Crippen LogP contribution in [0.3, 0.4) is 0 Å². The Morgan fingerprint density at radius 2 is 2.00 bits per heavy atom. The predicted octanol–water partition coefficient (Wildman–Crippen LogP) is 3.20. The van der Waals surface area contributed by atoms with Gasteiger partial charge < -0.3 is 4.90 Å². The van der Waals surface area contributed by atoms with Crippen LogP contribution in [-0.2, 0) is 4.79 Å². The molecule has 3 heteroatoms. The molecular formula is C14H22BrNO. The van der Waals surface area contributed by atoms with E-state index < -0.39 is 0 Å². The monoisotopic (exact) mass is 299 g/mol. The lowest BCUT2D eigenvalue weighted by molar-refractivity contribution is -0.136. The molecule has 3 aliphatic rings. The summed E-state index contributed by atoms with van der Waals surface area (Å²) in [5, 5.41) is 1.07. The molecule has 2 aliphatic carbocycles. The molecule has 3 rings (SSSR count). The fourth-order valence-electron chi connectivity index (χ4n) is 3.89. The Labute approximate surface area is 112 Å². The highest BCUT2D eigenvalue weighted by Crippen LogP contribution is 2.54. The van der Waals surface area contributed by atoms with Crippen LogP contribution >= 0.6 is 15.9 Å². The number of likely N-dealkylation sites (tertiary alicyclic amines) is 1. The highest BCUT2D eigenvalue weighted by Gasteiger charge is 2.49. The smallest absolute Gasteiger partial charge is 0.225 e. The molecule has 3 unspecified atom stereocenters. The minimum absolute atomic E-state index is 0.392. The molecule has 17 heavy (non-hydrogen) atoms. The summed E-state index contributed by atoms with van der Waals surface area (Å²) < 4.78 is 0. The molecule has 2 saturated carbocycles. The number of hydrogen-bond acceptors (Lipinski definition) is 1. The summed E-state index contributed by atoms with van der Waals surface area (Å²) in [4.78, 5) is 14.7. The van der Waals surface area contributed by atoms with Crippen LogP contribution in [0.1, 0.15) is 44.9 Å². The Bertz CT molecular complexity index is 297. The number of halogens is 1. The zero-order chi connectivity index (χ0) is 11.8. The lowest BCUT2D eigenvalue weighted by Crippen LogP contribution is -2.39. The first-order valence-electron chi connectivity index (χ1n) is 7.16. The van der Waals surface area contributed by atoms with Crippen molar-refractivity contribution in [3.63, 3.8) is 0 Å². The average Bonchev–Trinajstić information content (AvgIpc) is 2.81. The summed E-state index contributed by atoms with van der Waals surface area (Å²) in [7, 11) is 0. The van der Waals surface area contributed by atoms with E-state index in [1.807, 2.05) is 0 Å². The van der Waals surface area contributed by atoms with Crippen molar-refractivity contribution in [1.82, 2.24) is 4.90 Å². The van der Waals surface area contributed by atoms with E-state index in [-0.39, 0.29) is 0 Å². The largest absolute Gasteiger partial charge is 0.339 e. The van der Waals surface area contributed by atoms with Gasteiger partial charge in [-0.25, -0.2) is 0 Å². The molecule has 1 heterocycles. The lowest BCUT2D eigenvalue weighted by atomic mass is 10.0. The number of amides is 1. The van der Waals surface area contributed by atoms with E-state index in [2.05, 4.69) is 20.8 Å². The maximum atomic E-state index is 12.5. The first-order chi connectivity index (χ1) is 8.29. The van der Waals surface area contributed by atoms with E-state index in [9.17, 15) is 4.79 Å². The van der Waals surface area contributed by atoms with E-state index in [0.29, 0.717) is 17.9 Å². The third kappa shape index (κ3) is 2.40. The molecular weight excluding hydrogens is 278 g/mol. The zero-order valence-corrected chi connectivity index (χ0v) is 12.0. The number of carbonyl (C=O) groups excluding carboxylic acids is 1. The van der Waals surface area contributed by atoms with Gasteiger partial charge in [0.25, 0.3) is 0 Å². The van der Waals surface area contributed by atoms with Crippen molar-refractivity contribution in [2.75, 3.05) is 11.9 Å². The molecule has 0 N–H and O–H groups in total. The third-order valence-electron chi connectivity index (χ3n) is 4.92. The summed E-state index contributed by atoms with van der Waals surface area (Å²) in [5.74, 6) is 2.73. The van der Waals surface area contributed by atoms with Crippen LogP contribution in [0, 0.1) is 17.8 Å². The topological polar surface area (TPSA) is 20.3 Å². The van der Waals surface area contributed by atoms with Gasteiger partial charge in [-0.2, -0.15) is 0 Å². The van der Waals surface area contributed by atoms with Gasteiger partial charge in [0.15, 0.2) is 0 Å². The summed E-state index contributed by atoms with van der Waals surface area (Å²) in [5.41, 5.74) is 0. The minimum atomic E-state index is 0.392. The molecule has 3 fully saturated rings. The Morgan fingerprint density at radius 1 is 1.24 bits per heavy atom. The molecule has 0 aromatic carbocycles. The average molecular weight is 300 g/mol. The van der Waals surface area contributed by atoms with Crippen molar-refractivity contribution >= 4 is 21.8 Å². The maximum Gasteiger partial charge on any atom is 0.225 e. The van der Waals surface area contributed by atoms with Crippen LogP contribution in [0.4, 0.5) is 0 Å². The van der Waals surface area contributed by atoms with Crippen LogP contribution in [0.25, 0.3) is 0 Å². The van der Waals surface area contributed by atoms with Gasteiger partial charge in [0.2, 0.25) is 5.91 Å². The SMILES string of the molecule is O=C(C1CC2CC2C1)N1CCCC1CCCBr. The molecule has 2 nitrogen and oxygen atoms in total. The van der Waals surface area contributed by atoms with E-state index >= 15 is 0 Å². The van der Waals surface area contributed by atoms with Gasteiger partial charge in [-0.3, -0.25) is 4.79 Å². The molecule has 1 saturated heterocycles. The van der Waals surface area contributed by atoms with Crippen LogP contribution in [0.2, 0.25) is 0 Å². The lowest BCUT2D eigenvalue weighted by Gasteiger charge is -2.28. The summed E-state index contributed by atoms with van der Waals surface area (Å²) >= 11 is 3.49. The van der Waals surface area contributed by atoms with E-state index in [1.54, 1.807) is 0 Å². The van der Waals surface area contributed by atoms with Crippen molar-refractivity contribution in [2.24, 2.45) is 17.8 Å². The summed E-state index contributed by atoms with van der Waals surface area (Å²) in [6, 6.07) is 0.553. The predicted molar refractivity (Wildman–Crippen MR) is 72.1 cm³/mol. The number of fused-ring (bicyclic) bond motifs is 1. The number of nitrogens with zero attached hydrogens (tertiary/aromatic N) is 1. The molecule has 3 atom stereocenters. The molecule has 0 radical (unpaired) electrons. The normalized spacial score (nSPS) is 39.5. The van der Waals surface area contributed by atoms with Crippen molar-refractivity contribution in [3.8, 4) is 0 Å². The van der Waals surface area contributed by atoms with Crippen LogP contribution in [-0.4, -0.2) is 28.7 Å². The molecule has 0 spiro atoms. The first kappa shape index (κ1) is 12.0. The van der Waals surface area contributed by atoms with Gasteiger partial charge in [0.1, 0.15) is 0 Å². The van der Waals surface area contributed by atoms with Gasteiger partial charge >= 0.3 is 0 Å². The fraction of sp³-hybridized carbons (Fsp3) is 0.929. The van der Waals surface area contributed by atoms with Crippen molar-refractivity contribution in [1.29, 1.82) is 0 Å². The maximum absolute atomic E-state index is 12.5. The molecule has 0 aromatic heterocycles. The molecule has 0 aromatic rings. The second-order valence-corrected chi connectivity index (χ2v) is 6.88. The Morgan fingerprint density at radius 3 is 2.71 bits per heavy atom. The van der Waals surface area contributed by atoms with Crippen LogP contribution in [0.15, 0.2) is 0 Å². The number of alkyl halides is 1. The first-order valence-corrected chi connectivity index (χ1v) is 8.28. The van der Waals surface area contributed by atoms with E-state index in [0.717, 1.165) is 23.7 Å². The molecule has 0 bridgehead atoms. The standard InChI is InChI=1S/C14H22BrNO/c15-5-1-3-13-4-2-6-16(13)14(17)12-8-10-7-11(10)9-12/h10-13H,1-9H2. The Kier molecular flexibility index (Phi) is 3.47. The number of hydrogen-bond donors (Lipinski definition) is 0. The van der Waals surface area contributed by atoms with Gasteiger partial charge in [0.05, 0.1) is 0 Å². The highest BCUT2D eigenvalue weighted by atomic mass is 79.9. The van der Waals surface area contributed by atoms with Gasteiger partial charge in [0, 0.05) is 23.8 Å². The molecule has 1 amide bonds. The quantitative estimate of drug-likeness (QED) is 0.730. The van der Waals surface area contributed by atoms with Crippen molar-refractivity contribution in [2.45, 2.75) is 51.0 Å². The Balaban J connectivity index is 1.56. The highest BCUT2D eigenvalue weighted by molar-refractivity contribution is 9.09. The van der Waals surface area contributed by atoms with Crippen molar-refractivity contribution < 1.29 is 4.79 Å². The molecule has 96 valence electrons. The summed E-state index contributed by atoms with van der Waals surface area (Å²) in [6.45, 7) is 1.03. The van der Waals surface area contributed by atoms with Gasteiger partial charge in [-0.15, -0.1) is 0 Å². The molecule has 1 aliphatic heterocycles. The number of rotatable bonds is 4. The van der Waals surface area contributed by atoms with Crippen LogP contribution < -0.4 is 0 Å². The van der Waals surface area contributed by atoms with Crippen LogP contribution in [0.5, 0.6) is 0 Å². The summed E-state index contributed by atoms with van der Waals surface area (Å²) in [6.07, 6.45) is 8.66. The second-order valence-electron chi connectivity index (χ2n) is 6.08. The van der Waals surface area contributed by atoms with E-state index in [4.69, 9.17) is 0 Å². The fourth-order valence-corrected chi connectivity index (χ4v) is 4.21. The second kappa shape index (κ2) is 4.91. The Hall–Kier alpha value is -0.0500.